The lowest BCUT2D eigenvalue weighted by Gasteiger charge is -2.36. The van der Waals surface area contributed by atoms with Crippen molar-refractivity contribution in [2.75, 3.05) is 37.4 Å². The average Bonchev–Trinajstić information content (AvgIpc) is 3.25. The Balaban J connectivity index is 1.62. The van der Waals surface area contributed by atoms with Gasteiger partial charge < -0.3 is 15.1 Å². The van der Waals surface area contributed by atoms with Gasteiger partial charge in [0.05, 0.1) is 5.69 Å². The summed E-state index contributed by atoms with van der Waals surface area (Å²) in [7, 11) is 4.19. The first-order chi connectivity index (χ1) is 11.0. The third kappa shape index (κ3) is 3.66. The molecule has 2 fully saturated rings. The number of hydrogen-bond donors (Lipinski definition) is 1. The van der Waals surface area contributed by atoms with Crippen LogP contribution in [0.25, 0.3) is 0 Å². The lowest BCUT2D eigenvalue weighted by Crippen LogP contribution is -2.42. The van der Waals surface area contributed by atoms with E-state index in [0.717, 1.165) is 32.4 Å². The van der Waals surface area contributed by atoms with Gasteiger partial charge in [-0.3, -0.25) is 4.79 Å². The summed E-state index contributed by atoms with van der Waals surface area (Å²) < 4.78 is 14.4. The second kappa shape index (κ2) is 6.48. The van der Waals surface area contributed by atoms with Crippen LogP contribution in [0.4, 0.5) is 15.8 Å². The highest BCUT2D eigenvalue weighted by atomic mass is 19.1. The fourth-order valence-corrected chi connectivity index (χ4v) is 3.39. The highest BCUT2D eigenvalue weighted by Gasteiger charge is 2.39. The van der Waals surface area contributed by atoms with Crippen LogP contribution >= 0.6 is 0 Å². The minimum Gasteiger partial charge on any atom is -0.369 e. The van der Waals surface area contributed by atoms with Gasteiger partial charge in [-0.1, -0.05) is 6.92 Å². The van der Waals surface area contributed by atoms with Crippen molar-refractivity contribution in [3.8, 4) is 0 Å². The zero-order valence-corrected chi connectivity index (χ0v) is 14.2. The molecule has 0 unspecified atom stereocenters. The van der Waals surface area contributed by atoms with E-state index in [-0.39, 0.29) is 17.6 Å². The molecule has 1 amide bonds. The van der Waals surface area contributed by atoms with Crippen molar-refractivity contribution in [1.82, 2.24) is 4.90 Å². The maximum absolute atomic E-state index is 14.4. The van der Waals surface area contributed by atoms with Crippen LogP contribution in [0.2, 0.25) is 0 Å². The Bertz CT molecular complexity index is 582. The van der Waals surface area contributed by atoms with Crippen molar-refractivity contribution in [3.63, 3.8) is 0 Å². The number of nitrogens with one attached hydrogen (secondary N) is 1. The molecular weight excluding hydrogens is 293 g/mol. The number of carbonyl (C=O) groups excluding carboxylic acids is 1. The molecule has 1 saturated carbocycles. The van der Waals surface area contributed by atoms with E-state index in [1.807, 2.05) is 0 Å². The summed E-state index contributed by atoms with van der Waals surface area (Å²) in [5.74, 6) is 0.311. The Morgan fingerprint density at radius 3 is 2.48 bits per heavy atom. The summed E-state index contributed by atoms with van der Waals surface area (Å²) in [6.07, 6.45) is 3.03. The minimum atomic E-state index is -0.255. The standard InChI is InChI=1S/C18H26FN3O/c1-12-10-15(12)18(23)20-13-4-5-17(16(19)11-13)22-8-6-14(7-9-22)21(2)3/h4-5,11-12,14-15H,6-10H2,1-3H3,(H,20,23)/t12-,15+/m0/s1. The van der Waals surface area contributed by atoms with Crippen LogP contribution in [0.3, 0.4) is 0 Å². The summed E-state index contributed by atoms with van der Waals surface area (Å²) in [6.45, 7) is 3.79. The first-order valence-electron chi connectivity index (χ1n) is 8.47. The first-order valence-corrected chi connectivity index (χ1v) is 8.47. The maximum Gasteiger partial charge on any atom is 0.227 e. The van der Waals surface area contributed by atoms with Crippen molar-refractivity contribution in [3.05, 3.63) is 24.0 Å². The average molecular weight is 319 g/mol. The summed E-state index contributed by atoms with van der Waals surface area (Å²) in [6, 6.07) is 5.62. The SMILES string of the molecule is C[C@H]1C[C@H]1C(=O)Nc1ccc(N2CCC(N(C)C)CC2)c(F)c1. The zero-order chi connectivity index (χ0) is 16.6. The molecule has 1 aliphatic heterocycles. The van der Waals surface area contributed by atoms with E-state index >= 15 is 0 Å². The Labute approximate surface area is 137 Å². The van der Waals surface area contributed by atoms with Crippen molar-refractivity contribution in [1.29, 1.82) is 0 Å². The predicted molar refractivity (Wildman–Crippen MR) is 91.2 cm³/mol. The molecule has 0 aromatic heterocycles. The molecule has 4 nitrogen and oxygen atoms in total. The van der Waals surface area contributed by atoms with E-state index in [1.54, 1.807) is 12.1 Å². The highest BCUT2D eigenvalue weighted by molar-refractivity contribution is 5.94. The molecule has 1 aliphatic carbocycles. The number of piperidine rings is 1. The molecule has 1 heterocycles. The van der Waals surface area contributed by atoms with Crippen molar-refractivity contribution >= 4 is 17.3 Å². The Hall–Kier alpha value is -1.62. The fraction of sp³-hybridized carbons (Fsp3) is 0.611. The van der Waals surface area contributed by atoms with Crippen LogP contribution in [-0.2, 0) is 4.79 Å². The Morgan fingerprint density at radius 2 is 1.96 bits per heavy atom. The molecule has 5 heteroatoms. The van der Waals surface area contributed by atoms with Gasteiger partial charge in [0.2, 0.25) is 5.91 Å². The largest absolute Gasteiger partial charge is 0.369 e. The van der Waals surface area contributed by atoms with E-state index in [1.165, 1.54) is 6.07 Å². The van der Waals surface area contributed by atoms with Gasteiger partial charge >= 0.3 is 0 Å². The van der Waals surface area contributed by atoms with Crippen LogP contribution in [0.5, 0.6) is 0 Å². The molecule has 23 heavy (non-hydrogen) atoms. The minimum absolute atomic E-state index is 0.0106. The van der Waals surface area contributed by atoms with Crippen LogP contribution in [0.1, 0.15) is 26.2 Å². The molecule has 3 rings (SSSR count). The number of carbonyl (C=O) groups is 1. The molecule has 1 N–H and O–H groups in total. The molecule has 0 spiro atoms. The lowest BCUT2D eigenvalue weighted by atomic mass is 10.0. The predicted octanol–water partition coefficient (Wildman–Crippen LogP) is 2.95. The fourth-order valence-electron chi connectivity index (χ4n) is 3.39. The molecule has 0 bridgehead atoms. The van der Waals surface area contributed by atoms with E-state index < -0.39 is 0 Å². The molecule has 1 saturated heterocycles. The molecule has 2 atom stereocenters. The number of halogens is 1. The topological polar surface area (TPSA) is 35.6 Å². The van der Waals surface area contributed by atoms with Gasteiger partial charge in [-0.05, 0) is 57.5 Å². The van der Waals surface area contributed by atoms with E-state index in [4.69, 9.17) is 0 Å². The van der Waals surface area contributed by atoms with Crippen LogP contribution in [0.15, 0.2) is 18.2 Å². The van der Waals surface area contributed by atoms with Gasteiger partial charge in [0.1, 0.15) is 5.82 Å². The van der Waals surface area contributed by atoms with Gasteiger partial charge in [0.15, 0.2) is 0 Å². The maximum atomic E-state index is 14.4. The number of benzene rings is 1. The van der Waals surface area contributed by atoms with Crippen molar-refractivity contribution in [2.24, 2.45) is 11.8 Å². The second-order valence-electron chi connectivity index (χ2n) is 7.16. The van der Waals surface area contributed by atoms with Gasteiger partial charge in [0.25, 0.3) is 0 Å². The molecule has 126 valence electrons. The third-order valence-electron chi connectivity index (χ3n) is 5.20. The van der Waals surface area contributed by atoms with Gasteiger partial charge in [0, 0.05) is 30.7 Å². The number of hydrogen-bond acceptors (Lipinski definition) is 3. The van der Waals surface area contributed by atoms with Crippen LogP contribution in [-0.4, -0.2) is 44.0 Å². The van der Waals surface area contributed by atoms with Crippen molar-refractivity contribution < 1.29 is 9.18 Å². The molecule has 2 aliphatic rings. The summed E-state index contributed by atoms with van der Waals surface area (Å²) in [4.78, 5) is 16.3. The summed E-state index contributed by atoms with van der Waals surface area (Å²) in [5.41, 5.74) is 1.19. The van der Waals surface area contributed by atoms with Crippen molar-refractivity contribution in [2.45, 2.75) is 32.2 Å². The lowest BCUT2D eigenvalue weighted by molar-refractivity contribution is -0.117. The quantitative estimate of drug-likeness (QED) is 0.927. The molecular formula is C18H26FN3O. The molecule has 1 aromatic carbocycles. The summed E-state index contributed by atoms with van der Waals surface area (Å²) >= 11 is 0. The molecule has 0 radical (unpaired) electrons. The molecule has 1 aromatic rings. The van der Waals surface area contributed by atoms with E-state index in [9.17, 15) is 9.18 Å². The Kier molecular flexibility index (Phi) is 4.57. The number of anilines is 2. The smallest absolute Gasteiger partial charge is 0.227 e. The van der Waals surface area contributed by atoms with Crippen LogP contribution in [0, 0.1) is 17.7 Å². The first kappa shape index (κ1) is 16.2. The van der Waals surface area contributed by atoms with Gasteiger partial charge in [-0.2, -0.15) is 0 Å². The summed E-state index contributed by atoms with van der Waals surface area (Å²) in [5, 5.41) is 2.82. The highest BCUT2D eigenvalue weighted by Crippen LogP contribution is 2.38. The number of rotatable bonds is 4. The second-order valence-corrected chi connectivity index (χ2v) is 7.16. The number of nitrogens with zero attached hydrogens (tertiary/aromatic N) is 2. The Morgan fingerprint density at radius 1 is 1.30 bits per heavy atom. The normalized spacial score (nSPS) is 24.8. The van der Waals surface area contributed by atoms with Gasteiger partial charge in [-0.25, -0.2) is 4.39 Å². The van der Waals surface area contributed by atoms with E-state index in [2.05, 4.69) is 36.1 Å². The van der Waals surface area contributed by atoms with Gasteiger partial charge in [-0.15, -0.1) is 0 Å². The monoisotopic (exact) mass is 319 g/mol. The van der Waals surface area contributed by atoms with Crippen LogP contribution < -0.4 is 10.2 Å². The number of amides is 1. The zero-order valence-electron chi connectivity index (χ0n) is 14.2. The third-order valence-corrected chi connectivity index (χ3v) is 5.20. The van der Waals surface area contributed by atoms with E-state index in [0.29, 0.717) is 23.3 Å².